The number of carbonyl (C=O) groups is 2. The number of ether oxygens (including phenoxy) is 2. The SMILES string of the molecule is CCOC(=O)CCO.COC(C)=O. The number of aliphatic hydroxyl groups excluding tert-OH is 1. The summed E-state index contributed by atoms with van der Waals surface area (Å²) in [6, 6.07) is 0. The molecule has 5 nitrogen and oxygen atoms in total. The standard InChI is InChI=1S/C5H10O3.C3H6O2/c1-2-8-5(7)3-4-6;1-3(4)5-2/h6H,2-4H2,1H3;1-2H3. The number of carbonyl (C=O) groups excluding carboxylic acids is 2. The zero-order valence-electron chi connectivity index (χ0n) is 8.20. The van der Waals surface area contributed by atoms with Crippen LogP contribution in [0.5, 0.6) is 0 Å². The molecule has 1 N–H and O–H groups in total. The summed E-state index contributed by atoms with van der Waals surface area (Å²) >= 11 is 0. The second-order valence-corrected chi connectivity index (χ2v) is 1.97. The molecule has 0 spiro atoms. The fraction of sp³-hybridized carbons (Fsp3) is 0.750. The van der Waals surface area contributed by atoms with Gasteiger partial charge in [0.05, 0.1) is 26.7 Å². The van der Waals surface area contributed by atoms with E-state index in [1.165, 1.54) is 14.0 Å². The van der Waals surface area contributed by atoms with Gasteiger partial charge in [-0.2, -0.15) is 0 Å². The van der Waals surface area contributed by atoms with E-state index in [0.717, 1.165) is 0 Å². The van der Waals surface area contributed by atoms with Crippen molar-refractivity contribution in [1.29, 1.82) is 0 Å². The van der Waals surface area contributed by atoms with Crippen LogP contribution in [0.3, 0.4) is 0 Å². The molecular formula is C8H16O5. The third-order valence-corrected chi connectivity index (χ3v) is 0.909. The van der Waals surface area contributed by atoms with Gasteiger partial charge in [-0.05, 0) is 6.92 Å². The fourth-order valence-electron chi connectivity index (χ4n) is 0.324. The Morgan fingerprint density at radius 3 is 2.08 bits per heavy atom. The molecule has 0 aliphatic rings. The first-order valence-electron chi connectivity index (χ1n) is 3.89. The minimum absolute atomic E-state index is 0.105. The van der Waals surface area contributed by atoms with Gasteiger partial charge in [-0.25, -0.2) is 0 Å². The number of methoxy groups -OCH3 is 1. The average Bonchev–Trinajstić information content (AvgIpc) is 2.06. The number of aliphatic hydroxyl groups is 1. The number of esters is 2. The summed E-state index contributed by atoms with van der Waals surface area (Å²) in [4.78, 5) is 19.9. The maximum Gasteiger partial charge on any atom is 0.308 e. The van der Waals surface area contributed by atoms with E-state index >= 15 is 0 Å². The van der Waals surface area contributed by atoms with Crippen LogP contribution in [0.25, 0.3) is 0 Å². The molecule has 0 saturated heterocycles. The largest absolute Gasteiger partial charge is 0.469 e. The molecule has 0 radical (unpaired) electrons. The molecule has 0 bridgehead atoms. The van der Waals surface area contributed by atoms with Gasteiger partial charge in [0.25, 0.3) is 0 Å². The Kier molecular flexibility index (Phi) is 12.1. The Balaban J connectivity index is 0. The monoisotopic (exact) mass is 192 g/mol. The molecule has 0 fully saturated rings. The highest BCUT2D eigenvalue weighted by molar-refractivity contribution is 5.69. The highest BCUT2D eigenvalue weighted by Gasteiger charge is 1.96. The summed E-state index contributed by atoms with van der Waals surface area (Å²) in [7, 11) is 1.35. The lowest BCUT2D eigenvalue weighted by atomic mass is 10.5. The van der Waals surface area contributed by atoms with Gasteiger partial charge in [-0.1, -0.05) is 0 Å². The molecule has 0 aliphatic heterocycles. The molecule has 0 amide bonds. The van der Waals surface area contributed by atoms with Crippen LogP contribution in [0.1, 0.15) is 20.3 Å². The summed E-state index contributed by atoms with van der Waals surface area (Å²) in [6.07, 6.45) is 0.105. The van der Waals surface area contributed by atoms with Crippen molar-refractivity contribution in [2.45, 2.75) is 20.3 Å². The Morgan fingerprint density at radius 1 is 1.38 bits per heavy atom. The maximum absolute atomic E-state index is 10.3. The van der Waals surface area contributed by atoms with Gasteiger partial charge in [0.1, 0.15) is 0 Å². The first kappa shape index (κ1) is 14.4. The average molecular weight is 192 g/mol. The third kappa shape index (κ3) is 18.1. The first-order chi connectivity index (χ1) is 6.08. The van der Waals surface area contributed by atoms with Crippen molar-refractivity contribution < 1.29 is 24.2 Å². The topological polar surface area (TPSA) is 72.8 Å². The zero-order valence-corrected chi connectivity index (χ0v) is 8.20. The summed E-state index contributed by atoms with van der Waals surface area (Å²) in [6.45, 7) is 3.35. The summed E-state index contributed by atoms with van der Waals surface area (Å²) in [5.41, 5.74) is 0. The number of hydrogen-bond donors (Lipinski definition) is 1. The molecule has 0 aromatic carbocycles. The van der Waals surface area contributed by atoms with Crippen LogP contribution in [0.4, 0.5) is 0 Å². The van der Waals surface area contributed by atoms with E-state index in [1.54, 1.807) is 6.92 Å². The maximum atomic E-state index is 10.3. The van der Waals surface area contributed by atoms with Crippen LogP contribution in [-0.2, 0) is 19.1 Å². The van der Waals surface area contributed by atoms with E-state index in [1.807, 2.05) is 0 Å². The van der Waals surface area contributed by atoms with Crippen LogP contribution < -0.4 is 0 Å². The van der Waals surface area contributed by atoms with Gasteiger partial charge in [0, 0.05) is 6.92 Å². The first-order valence-corrected chi connectivity index (χ1v) is 3.89. The van der Waals surface area contributed by atoms with Crippen LogP contribution in [0.15, 0.2) is 0 Å². The molecule has 0 rings (SSSR count). The summed E-state index contributed by atoms with van der Waals surface area (Å²) in [5.74, 6) is -0.583. The molecule has 0 aromatic heterocycles. The van der Waals surface area contributed by atoms with E-state index in [9.17, 15) is 9.59 Å². The van der Waals surface area contributed by atoms with Crippen LogP contribution in [0, 0.1) is 0 Å². The molecule has 13 heavy (non-hydrogen) atoms. The number of rotatable bonds is 3. The van der Waals surface area contributed by atoms with E-state index < -0.39 is 0 Å². The molecule has 0 aliphatic carbocycles. The van der Waals surface area contributed by atoms with Crippen LogP contribution >= 0.6 is 0 Å². The van der Waals surface area contributed by atoms with E-state index in [4.69, 9.17) is 5.11 Å². The Morgan fingerprint density at radius 2 is 1.85 bits per heavy atom. The van der Waals surface area contributed by atoms with Crippen molar-refractivity contribution in [3.8, 4) is 0 Å². The molecule has 0 atom stereocenters. The normalized spacial score (nSPS) is 8.00. The minimum atomic E-state index is -0.338. The molecular weight excluding hydrogens is 176 g/mol. The van der Waals surface area contributed by atoms with Crippen molar-refractivity contribution >= 4 is 11.9 Å². The predicted molar refractivity (Wildman–Crippen MR) is 46.0 cm³/mol. The van der Waals surface area contributed by atoms with Crippen molar-refractivity contribution in [3.05, 3.63) is 0 Å². The molecule has 0 saturated carbocycles. The molecule has 78 valence electrons. The van der Waals surface area contributed by atoms with Gasteiger partial charge in [-0.15, -0.1) is 0 Å². The van der Waals surface area contributed by atoms with Crippen molar-refractivity contribution in [1.82, 2.24) is 0 Å². The zero-order chi connectivity index (χ0) is 10.7. The van der Waals surface area contributed by atoms with Gasteiger partial charge in [0.2, 0.25) is 0 Å². The van der Waals surface area contributed by atoms with E-state index in [0.29, 0.717) is 6.61 Å². The quantitative estimate of drug-likeness (QED) is 0.642. The second kappa shape index (κ2) is 10.9. The van der Waals surface area contributed by atoms with E-state index in [2.05, 4.69) is 9.47 Å². The summed E-state index contributed by atoms with van der Waals surface area (Å²) < 4.78 is 8.59. The predicted octanol–water partition coefficient (Wildman–Crippen LogP) is 0.111. The Bertz CT molecular complexity index is 135. The van der Waals surface area contributed by atoms with Gasteiger partial charge in [-0.3, -0.25) is 9.59 Å². The minimum Gasteiger partial charge on any atom is -0.469 e. The second-order valence-electron chi connectivity index (χ2n) is 1.97. The van der Waals surface area contributed by atoms with Crippen LogP contribution in [0.2, 0.25) is 0 Å². The number of hydrogen-bond acceptors (Lipinski definition) is 5. The third-order valence-electron chi connectivity index (χ3n) is 0.909. The van der Waals surface area contributed by atoms with Crippen molar-refractivity contribution in [3.63, 3.8) is 0 Å². The molecule has 0 aromatic rings. The van der Waals surface area contributed by atoms with Crippen molar-refractivity contribution in [2.24, 2.45) is 0 Å². The molecule has 0 unspecified atom stereocenters. The molecule has 5 heteroatoms. The lowest BCUT2D eigenvalue weighted by molar-refractivity contribution is -0.143. The van der Waals surface area contributed by atoms with Crippen molar-refractivity contribution in [2.75, 3.05) is 20.3 Å². The lowest BCUT2D eigenvalue weighted by Crippen LogP contribution is -2.05. The van der Waals surface area contributed by atoms with Gasteiger partial charge >= 0.3 is 11.9 Å². The van der Waals surface area contributed by atoms with E-state index in [-0.39, 0.29) is 25.0 Å². The van der Waals surface area contributed by atoms with Gasteiger partial charge < -0.3 is 14.6 Å². The van der Waals surface area contributed by atoms with Gasteiger partial charge in [0.15, 0.2) is 0 Å². The highest BCUT2D eigenvalue weighted by atomic mass is 16.5. The summed E-state index contributed by atoms with van der Waals surface area (Å²) in [5, 5.41) is 8.16. The fourth-order valence-corrected chi connectivity index (χ4v) is 0.324. The van der Waals surface area contributed by atoms with Crippen LogP contribution in [-0.4, -0.2) is 37.4 Å². The smallest absolute Gasteiger partial charge is 0.308 e. The lowest BCUT2D eigenvalue weighted by Gasteiger charge is -1.96. The Labute approximate surface area is 77.6 Å². The Hall–Kier alpha value is -1.10. The highest BCUT2D eigenvalue weighted by Crippen LogP contribution is 1.82. The molecule has 0 heterocycles.